The number of hydrogen-bond acceptors (Lipinski definition) is 4. The first-order valence-electron chi connectivity index (χ1n) is 7.12. The molecule has 0 radical (unpaired) electrons. The van der Waals surface area contributed by atoms with Crippen molar-refractivity contribution < 1.29 is 14.6 Å². The summed E-state index contributed by atoms with van der Waals surface area (Å²) in [6, 6.07) is 3.32. The molecule has 0 unspecified atom stereocenters. The molecule has 1 aliphatic carbocycles. The van der Waals surface area contributed by atoms with E-state index in [0.717, 1.165) is 25.7 Å². The molecule has 1 heterocycles. The molecule has 20 heavy (non-hydrogen) atoms. The number of carbonyl (C=O) groups excluding carboxylic acids is 1. The van der Waals surface area contributed by atoms with Gasteiger partial charge in [-0.05, 0) is 43.6 Å². The fourth-order valence-corrected chi connectivity index (χ4v) is 2.62. The number of aliphatic hydroxyl groups excluding tert-OH is 1. The maximum Gasteiger partial charge on any atom is 0.251 e. The lowest BCUT2D eigenvalue weighted by molar-refractivity contribution is 0.0936. The molecule has 0 aliphatic heterocycles. The van der Waals surface area contributed by atoms with E-state index in [1.165, 1.54) is 7.11 Å². The Hall–Kier alpha value is -1.62. The van der Waals surface area contributed by atoms with Crippen molar-refractivity contribution in [2.75, 3.05) is 20.3 Å². The van der Waals surface area contributed by atoms with E-state index in [2.05, 4.69) is 10.3 Å². The molecule has 0 atom stereocenters. The van der Waals surface area contributed by atoms with E-state index < -0.39 is 0 Å². The number of rotatable bonds is 5. The van der Waals surface area contributed by atoms with Crippen LogP contribution in [0.1, 0.15) is 36.0 Å². The van der Waals surface area contributed by atoms with E-state index in [1.54, 1.807) is 18.3 Å². The lowest BCUT2D eigenvalue weighted by Gasteiger charge is -2.27. The minimum absolute atomic E-state index is 0.0880. The van der Waals surface area contributed by atoms with Crippen LogP contribution in [0, 0.1) is 11.8 Å². The van der Waals surface area contributed by atoms with Crippen molar-refractivity contribution >= 4 is 5.91 Å². The zero-order chi connectivity index (χ0) is 14.4. The van der Waals surface area contributed by atoms with Crippen molar-refractivity contribution in [3.05, 3.63) is 23.9 Å². The number of methoxy groups -OCH3 is 1. The monoisotopic (exact) mass is 278 g/mol. The molecule has 1 aromatic rings. The Balaban J connectivity index is 1.80. The van der Waals surface area contributed by atoms with E-state index in [-0.39, 0.29) is 12.5 Å². The predicted molar refractivity (Wildman–Crippen MR) is 75.7 cm³/mol. The van der Waals surface area contributed by atoms with Crippen LogP contribution in [0.15, 0.2) is 18.3 Å². The molecule has 5 heteroatoms. The van der Waals surface area contributed by atoms with Crippen LogP contribution < -0.4 is 10.1 Å². The van der Waals surface area contributed by atoms with Crippen molar-refractivity contribution in [3.63, 3.8) is 0 Å². The number of aliphatic hydroxyl groups is 1. The normalized spacial score (nSPS) is 22.3. The highest BCUT2D eigenvalue weighted by Gasteiger charge is 2.21. The Labute approximate surface area is 119 Å². The van der Waals surface area contributed by atoms with Gasteiger partial charge in [0.15, 0.2) is 0 Å². The summed E-state index contributed by atoms with van der Waals surface area (Å²) in [4.78, 5) is 16.0. The standard InChI is InChI=1S/C15H22N2O3/c1-20-14-8-13(6-7-16-14)15(19)17-9-11-2-4-12(10-18)5-3-11/h6-8,11-12,18H,2-5,9-10H2,1H3,(H,17,19). The molecule has 0 saturated heterocycles. The fourth-order valence-electron chi connectivity index (χ4n) is 2.62. The van der Waals surface area contributed by atoms with Gasteiger partial charge >= 0.3 is 0 Å². The average Bonchev–Trinajstić information content (AvgIpc) is 2.53. The Bertz CT molecular complexity index is 442. The summed E-state index contributed by atoms with van der Waals surface area (Å²) < 4.78 is 5.01. The van der Waals surface area contributed by atoms with Gasteiger partial charge in [0.25, 0.3) is 5.91 Å². The molecule has 1 fully saturated rings. The topological polar surface area (TPSA) is 71.5 Å². The highest BCUT2D eigenvalue weighted by Crippen LogP contribution is 2.27. The summed E-state index contributed by atoms with van der Waals surface area (Å²) in [5.74, 6) is 1.33. The number of aromatic nitrogens is 1. The third-order valence-corrected chi connectivity index (χ3v) is 3.98. The van der Waals surface area contributed by atoms with Crippen LogP contribution in [0.4, 0.5) is 0 Å². The molecule has 110 valence electrons. The van der Waals surface area contributed by atoms with Gasteiger partial charge < -0.3 is 15.2 Å². The summed E-state index contributed by atoms with van der Waals surface area (Å²) in [5.41, 5.74) is 0.570. The summed E-state index contributed by atoms with van der Waals surface area (Å²) in [6.07, 6.45) is 5.83. The molecular weight excluding hydrogens is 256 g/mol. The van der Waals surface area contributed by atoms with E-state index in [1.807, 2.05) is 0 Å². The third-order valence-electron chi connectivity index (χ3n) is 3.98. The minimum Gasteiger partial charge on any atom is -0.481 e. The Morgan fingerprint density at radius 3 is 2.75 bits per heavy atom. The van der Waals surface area contributed by atoms with Crippen molar-refractivity contribution in [2.45, 2.75) is 25.7 Å². The SMILES string of the molecule is COc1cc(C(=O)NCC2CCC(CO)CC2)ccn1. The second kappa shape index (κ2) is 7.24. The molecule has 0 aromatic carbocycles. The average molecular weight is 278 g/mol. The van der Waals surface area contributed by atoms with Gasteiger partial charge in [-0.15, -0.1) is 0 Å². The van der Waals surface area contributed by atoms with E-state index in [4.69, 9.17) is 9.84 Å². The van der Waals surface area contributed by atoms with Crippen LogP contribution in [-0.4, -0.2) is 36.3 Å². The predicted octanol–water partition coefficient (Wildman–Crippen LogP) is 1.62. The van der Waals surface area contributed by atoms with Crippen molar-refractivity contribution in [1.29, 1.82) is 0 Å². The van der Waals surface area contributed by atoms with E-state index in [9.17, 15) is 4.79 Å². The number of hydrogen-bond donors (Lipinski definition) is 2. The molecule has 0 bridgehead atoms. The zero-order valence-electron chi connectivity index (χ0n) is 11.8. The molecule has 1 saturated carbocycles. The Kier molecular flexibility index (Phi) is 5.35. The summed E-state index contributed by atoms with van der Waals surface area (Å²) in [5, 5.41) is 12.1. The van der Waals surface area contributed by atoms with Gasteiger partial charge in [-0.25, -0.2) is 4.98 Å². The lowest BCUT2D eigenvalue weighted by atomic mass is 9.82. The number of pyridine rings is 1. The highest BCUT2D eigenvalue weighted by molar-refractivity contribution is 5.94. The number of carbonyl (C=O) groups is 1. The largest absolute Gasteiger partial charge is 0.481 e. The van der Waals surface area contributed by atoms with Crippen LogP contribution >= 0.6 is 0 Å². The molecule has 1 aliphatic rings. The first-order valence-corrected chi connectivity index (χ1v) is 7.12. The van der Waals surface area contributed by atoms with Crippen LogP contribution in [0.25, 0.3) is 0 Å². The molecule has 5 nitrogen and oxygen atoms in total. The van der Waals surface area contributed by atoms with Crippen molar-refractivity contribution in [2.24, 2.45) is 11.8 Å². The molecule has 0 spiro atoms. The molecule has 2 rings (SSSR count). The van der Waals surface area contributed by atoms with Crippen molar-refractivity contribution in [3.8, 4) is 5.88 Å². The van der Waals surface area contributed by atoms with Gasteiger partial charge in [-0.3, -0.25) is 4.79 Å². The van der Waals surface area contributed by atoms with Crippen LogP contribution in [0.2, 0.25) is 0 Å². The van der Waals surface area contributed by atoms with E-state index in [0.29, 0.717) is 29.8 Å². The Morgan fingerprint density at radius 2 is 2.10 bits per heavy atom. The lowest BCUT2D eigenvalue weighted by Crippen LogP contribution is -2.31. The van der Waals surface area contributed by atoms with Crippen LogP contribution in [-0.2, 0) is 0 Å². The molecular formula is C15H22N2O3. The summed E-state index contributed by atoms with van der Waals surface area (Å²) in [7, 11) is 1.53. The van der Waals surface area contributed by atoms with Crippen LogP contribution in [0.5, 0.6) is 5.88 Å². The van der Waals surface area contributed by atoms with Gasteiger partial charge in [0.05, 0.1) is 7.11 Å². The number of amides is 1. The molecule has 1 aromatic heterocycles. The van der Waals surface area contributed by atoms with Crippen molar-refractivity contribution in [1.82, 2.24) is 10.3 Å². The number of ether oxygens (including phenoxy) is 1. The smallest absolute Gasteiger partial charge is 0.251 e. The molecule has 1 amide bonds. The second-order valence-electron chi connectivity index (χ2n) is 5.37. The minimum atomic E-state index is -0.0880. The van der Waals surface area contributed by atoms with E-state index >= 15 is 0 Å². The van der Waals surface area contributed by atoms with Gasteiger partial charge in [0.2, 0.25) is 5.88 Å². The summed E-state index contributed by atoms with van der Waals surface area (Å²) >= 11 is 0. The first-order chi connectivity index (χ1) is 9.72. The van der Waals surface area contributed by atoms with Gasteiger partial charge in [-0.2, -0.15) is 0 Å². The second-order valence-corrected chi connectivity index (χ2v) is 5.37. The molecule has 2 N–H and O–H groups in total. The number of nitrogens with one attached hydrogen (secondary N) is 1. The maximum atomic E-state index is 12.0. The number of nitrogens with zero attached hydrogens (tertiary/aromatic N) is 1. The van der Waals surface area contributed by atoms with Gasteiger partial charge in [0, 0.05) is 31.0 Å². The maximum absolute atomic E-state index is 12.0. The first kappa shape index (κ1) is 14.8. The zero-order valence-corrected chi connectivity index (χ0v) is 11.8. The quantitative estimate of drug-likeness (QED) is 0.858. The third kappa shape index (κ3) is 3.93. The summed E-state index contributed by atoms with van der Waals surface area (Å²) in [6.45, 7) is 0.984. The fraction of sp³-hybridized carbons (Fsp3) is 0.600. The Morgan fingerprint density at radius 1 is 1.40 bits per heavy atom. The van der Waals surface area contributed by atoms with Gasteiger partial charge in [0.1, 0.15) is 0 Å². The van der Waals surface area contributed by atoms with Crippen LogP contribution in [0.3, 0.4) is 0 Å². The highest BCUT2D eigenvalue weighted by atomic mass is 16.5. The van der Waals surface area contributed by atoms with Gasteiger partial charge in [-0.1, -0.05) is 0 Å².